The Balaban J connectivity index is 1.87. The summed E-state index contributed by atoms with van der Waals surface area (Å²) in [6.45, 7) is 4.77. The molecule has 0 fully saturated rings. The molecule has 6 rings (SSSR count). The van der Waals surface area contributed by atoms with Gasteiger partial charge in [-0.15, -0.1) is 0 Å². The number of hydrogen-bond acceptors (Lipinski definition) is 0. The summed E-state index contributed by atoms with van der Waals surface area (Å²) in [7, 11) is 0. The van der Waals surface area contributed by atoms with Crippen molar-refractivity contribution in [1.29, 1.82) is 0 Å². The Morgan fingerprint density at radius 3 is 1.96 bits per heavy atom. The second-order valence-electron chi connectivity index (χ2n) is 8.21. The van der Waals surface area contributed by atoms with Gasteiger partial charge in [-0.2, -0.15) is 0 Å². The van der Waals surface area contributed by atoms with Crippen LogP contribution in [0.1, 0.15) is 25.0 Å². The fourth-order valence-corrected chi connectivity index (χ4v) is 5.17. The van der Waals surface area contributed by atoms with Gasteiger partial charge in [0.1, 0.15) is 0 Å². The molecule has 0 radical (unpaired) electrons. The van der Waals surface area contributed by atoms with Crippen LogP contribution in [0.15, 0.2) is 84.9 Å². The maximum atomic E-state index is 2.38. The third-order valence-corrected chi connectivity index (χ3v) is 6.41. The van der Waals surface area contributed by atoms with Crippen LogP contribution in [0.3, 0.4) is 0 Å². The molecule has 0 bridgehead atoms. The minimum Gasteiger partial charge on any atom is -0.0616 e. The Morgan fingerprint density at radius 1 is 0.556 bits per heavy atom. The minimum absolute atomic E-state index is 0.0155. The van der Waals surface area contributed by atoms with Gasteiger partial charge in [0.25, 0.3) is 0 Å². The lowest BCUT2D eigenvalue weighted by molar-refractivity contribution is 0.667. The third-order valence-electron chi connectivity index (χ3n) is 6.41. The summed E-state index contributed by atoms with van der Waals surface area (Å²) in [6, 6.07) is 31.3. The van der Waals surface area contributed by atoms with Gasteiger partial charge in [-0.3, -0.25) is 0 Å². The predicted octanol–water partition coefficient (Wildman–Crippen LogP) is 7.45. The van der Waals surface area contributed by atoms with E-state index in [0.717, 1.165) is 0 Å². The molecule has 0 aromatic heterocycles. The van der Waals surface area contributed by atoms with E-state index in [2.05, 4.69) is 98.8 Å². The monoisotopic (exact) mass is 344 g/mol. The first kappa shape index (κ1) is 15.0. The molecular weight excluding hydrogens is 324 g/mol. The highest BCUT2D eigenvalue weighted by atomic mass is 14.4. The Bertz CT molecular complexity index is 1390. The Labute approximate surface area is 159 Å². The van der Waals surface area contributed by atoms with Crippen molar-refractivity contribution in [2.24, 2.45) is 0 Å². The molecule has 5 aromatic carbocycles. The fourth-order valence-electron chi connectivity index (χ4n) is 5.17. The maximum Gasteiger partial charge on any atom is 0.0165 e. The lowest BCUT2D eigenvalue weighted by Crippen LogP contribution is -2.15. The Kier molecular flexibility index (Phi) is 2.77. The van der Waals surface area contributed by atoms with Crippen LogP contribution < -0.4 is 0 Å². The molecule has 0 atom stereocenters. The van der Waals surface area contributed by atoms with Crippen molar-refractivity contribution in [2.45, 2.75) is 19.3 Å². The van der Waals surface area contributed by atoms with Crippen molar-refractivity contribution in [3.63, 3.8) is 0 Å². The summed E-state index contributed by atoms with van der Waals surface area (Å²) in [5.74, 6) is 0. The summed E-state index contributed by atoms with van der Waals surface area (Å²) in [6.07, 6.45) is 0. The van der Waals surface area contributed by atoms with Crippen LogP contribution in [-0.2, 0) is 5.41 Å². The highest BCUT2D eigenvalue weighted by Crippen LogP contribution is 2.54. The quantitative estimate of drug-likeness (QED) is 0.256. The van der Waals surface area contributed by atoms with Gasteiger partial charge in [-0.25, -0.2) is 0 Å². The van der Waals surface area contributed by atoms with Gasteiger partial charge >= 0.3 is 0 Å². The second-order valence-corrected chi connectivity index (χ2v) is 8.21. The smallest absolute Gasteiger partial charge is 0.0165 e. The molecule has 1 aliphatic rings. The van der Waals surface area contributed by atoms with Crippen molar-refractivity contribution in [3.05, 3.63) is 96.1 Å². The van der Waals surface area contributed by atoms with E-state index >= 15 is 0 Å². The zero-order valence-electron chi connectivity index (χ0n) is 15.6. The maximum absolute atomic E-state index is 2.38. The molecule has 0 saturated carbocycles. The number of rotatable bonds is 0. The van der Waals surface area contributed by atoms with Crippen LogP contribution in [0.5, 0.6) is 0 Å². The predicted molar refractivity (Wildman–Crippen MR) is 117 cm³/mol. The first-order valence-electron chi connectivity index (χ1n) is 9.64. The van der Waals surface area contributed by atoms with Crippen molar-refractivity contribution >= 4 is 32.3 Å². The summed E-state index contributed by atoms with van der Waals surface area (Å²) in [5, 5.41) is 8.10. The average molecular weight is 344 g/mol. The molecule has 27 heavy (non-hydrogen) atoms. The minimum atomic E-state index is -0.0155. The van der Waals surface area contributed by atoms with Crippen molar-refractivity contribution < 1.29 is 0 Å². The Hall–Kier alpha value is -3.12. The molecule has 0 N–H and O–H groups in total. The summed E-state index contributed by atoms with van der Waals surface area (Å²) < 4.78 is 0. The van der Waals surface area contributed by atoms with Crippen molar-refractivity contribution in [2.75, 3.05) is 0 Å². The van der Waals surface area contributed by atoms with E-state index in [9.17, 15) is 0 Å². The molecule has 0 heterocycles. The summed E-state index contributed by atoms with van der Waals surface area (Å²) >= 11 is 0. The average Bonchev–Trinajstić information content (AvgIpc) is 2.95. The summed E-state index contributed by atoms with van der Waals surface area (Å²) in [4.78, 5) is 0. The van der Waals surface area contributed by atoms with Crippen LogP contribution >= 0.6 is 0 Å². The van der Waals surface area contributed by atoms with Crippen LogP contribution in [0.25, 0.3) is 43.4 Å². The molecule has 0 heteroatoms. The molecule has 1 aliphatic carbocycles. The molecular formula is C27H20. The fraction of sp³-hybridized carbons (Fsp3) is 0.111. The van der Waals surface area contributed by atoms with Crippen LogP contribution in [0.2, 0.25) is 0 Å². The second kappa shape index (κ2) is 4.98. The van der Waals surface area contributed by atoms with Gasteiger partial charge in [0.2, 0.25) is 0 Å². The first-order valence-corrected chi connectivity index (χ1v) is 9.64. The summed E-state index contributed by atoms with van der Waals surface area (Å²) in [5.41, 5.74) is 5.72. The van der Waals surface area contributed by atoms with Gasteiger partial charge in [0, 0.05) is 5.41 Å². The first-order chi connectivity index (χ1) is 13.2. The van der Waals surface area contributed by atoms with Gasteiger partial charge in [0.15, 0.2) is 0 Å². The third kappa shape index (κ3) is 1.83. The number of benzene rings is 5. The van der Waals surface area contributed by atoms with E-state index in [-0.39, 0.29) is 5.41 Å². The van der Waals surface area contributed by atoms with E-state index in [4.69, 9.17) is 0 Å². The number of hydrogen-bond donors (Lipinski definition) is 0. The van der Waals surface area contributed by atoms with Crippen LogP contribution in [0, 0.1) is 0 Å². The normalized spacial score (nSPS) is 14.6. The standard InChI is InChI=1S/C27H20/c1-27(2)23-16-14-18-8-4-6-10-21(18)25(23)22-15-13-19-12-11-17-7-3-5-9-20(17)24(19)26(22)27/h3-16H,1-2H3. The topological polar surface area (TPSA) is 0 Å². The zero-order chi connectivity index (χ0) is 18.2. The van der Waals surface area contributed by atoms with Crippen molar-refractivity contribution in [3.8, 4) is 11.1 Å². The van der Waals surface area contributed by atoms with E-state index in [1.54, 1.807) is 0 Å². The van der Waals surface area contributed by atoms with Crippen LogP contribution in [-0.4, -0.2) is 0 Å². The van der Waals surface area contributed by atoms with E-state index in [1.165, 1.54) is 54.6 Å². The molecule has 0 aliphatic heterocycles. The molecule has 0 saturated heterocycles. The van der Waals surface area contributed by atoms with Gasteiger partial charge in [-0.05, 0) is 54.6 Å². The molecule has 0 nitrogen and oxygen atoms in total. The van der Waals surface area contributed by atoms with Crippen molar-refractivity contribution in [1.82, 2.24) is 0 Å². The van der Waals surface area contributed by atoms with E-state index in [1.807, 2.05) is 0 Å². The van der Waals surface area contributed by atoms with Gasteiger partial charge in [-0.1, -0.05) is 98.8 Å². The highest BCUT2D eigenvalue weighted by Gasteiger charge is 2.38. The lowest BCUT2D eigenvalue weighted by Gasteiger charge is -2.24. The molecule has 128 valence electrons. The molecule has 0 unspecified atom stereocenters. The Morgan fingerprint density at radius 2 is 1.15 bits per heavy atom. The largest absolute Gasteiger partial charge is 0.0616 e. The molecule has 0 spiro atoms. The molecule has 5 aromatic rings. The zero-order valence-corrected chi connectivity index (χ0v) is 15.6. The van der Waals surface area contributed by atoms with Crippen LogP contribution in [0.4, 0.5) is 0 Å². The van der Waals surface area contributed by atoms with Gasteiger partial charge < -0.3 is 0 Å². The molecule has 0 amide bonds. The lowest BCUT2D eigenvalue weighted by atomic mass is 9.79. The highest BCUT2D eigenvalue weighted by molar-refractivity contribution is 6.15. The van der Waals surface area contributed by atoms with E-state index < -0.39 is 0 Å². The van der Waals surface area contributed by atoms with E-state index in [0.29, 0.717) is 0 Å². The SMILES string of the molecule is CC1(C)c2ccc3ccccc3c2-c2ccc3ccc4ccccc4c3c21. The van der Waals surface area contributed by atoms with Gasteiger partial charge in [0.05, 0.1) is 0 Å². The number of fused-ring (bicyclic) bond motifs is 9.